The lowest BCUT2D eigenvalue weighted by Crippen LogP contribution is -2.51. The largest absolute Gasteiger partial charge is 0.480 e. The van der Waals surface area contributed by atoms with Crippen molar-refractivity contribution in [1.29, 1.82) is 0 Å². The predicted molar refractivity (Wildman–Crippen MR) is 100 cm³/mol. The van der Waals surface area contributed by atoms with E-state index in [0.29, 0.717) is 32.5 Å². The third-order valence-corrected chi connectivity index (χ3v) is 6.46. The second-order valence-electron chi connectivity index (χ2n) is 7.99. The van der Waals surface area contributed by atoms with E-state index >= 15 is 0 Å². The van der Waals surface area contributed by atoms with Gasteiger partial charge in [-0.3, -0.25) is 14.5 Å². The topological polar surface area (TPSA) is 107 Å². The number of sulfonamides is 1. The van der Waals surface area contributed by atoms with Gasteiger partial charge in [-0.2, -0.15) is 0 Å². The summed E-state index contributed by atoms with van der Waals surface area (Å²) in [5.74, 6) is -1.12. The van der Waals surface area contributed by atoms with Gasteiger partial charge in [0.15, 0.2) is 0 Å². The van der Waals surface area contributed by atoms with Gasteiger partial charge in [0.25, 0.3) is 0 Å². The molecule has 1 aliphatic rings. The zero-order valence-electron chi connectivity index (χ0n) is 16.3. The van der Waals surface area contributed by atoms with E-state index in [9.17, 15) is 18.0 Å². The second kappa shape index (κ2) is 9.66. The van der Waals surface area contributed by atoms with Crippen LogP contribution in [0.5, 0.6) is 0 Å². The van der Waals surface area contributed by atoms with Crippen LogP contribution in [0.2, 0.25) is 0 Å². The van der Waals surface area contributed by atoms with Crippen LogP contribution in [0.25, 0.3) is 0 Å². The summed E-state index contributed by atoms with van der Waals surface area (Å²) >= 11 is 0. The zero-order valence-corrected chi connectivity index (χ0v) is 17.1. The number of nitrogens with one attached hydrogen (secondary N) is 1. The third-order valence-electron chi connectivity index (χ3n) is 4.58. The molecule has 0 radical (unpaired) electrons. The first-order chi connectivity index (χ1) is 11.9. The number of carbonyl (C=O) groups is 2. The molecule has 1 rings (SSSR count). The van der Waals surface area contributed by atoms with Crippen LogP contribution in [-0.2, 0) is 19.6 Å². The number of carboxylic acids is 1. The van der Waals surface area contributed by atoms with E-state index in [-0.39, 0.29) is 36.2 Å². The molecule has 0 atom stereocenters. The van der Waals surface area contributed by atoms with Crippen molar-refractivity contribution < 1.29 is 23.1 Å². The number of aliphatic carboxylic acids is 1. The molecular weight excluding hydrogens is 358 g/mol. The highest BCUT2D eigenvalue weighted by Gasteiger charge is 2.31. The first kappa shape index (κ1) is 22.9. The summed E-state index contributed by atoms with van der Waals surface area (Å²) in [6.45, 7) is 8.96. The Morgan fingerprint density at radius 1 is 1.19 bits per heavy atom. The van der Waals surface area contributed by atoms with Crippen LogP contribution in [0.1, 0.15) is 47.0 Å². The Balaban J connectivity index is 2.59. The highest BCUT2D eigenvalue weighted by atomic mass is 32.2. The maximum absolute atomic E-state index is 12.2. The van der Waals surface area contributed by atoms with Crippen molar-refractivity contribution in [2.45, 2.75) is 53.0 Å². The van der Waals surface area contributed by atoms with Crippen molar-refractivity contribution in [3.05, 3.63) is 0 Å². The lowest BCUT2D eigenvalue weighted by Gasteiger charge is -2.37. The van der Waals surface area contributed by atoms with Crippen LogP contribution in [0.3, 0.4) is 0 Å². The maximum atomic E-state index is 12.2. The van der Waals surface area contributed by atoms with Crippen molar-refractivity contribution in [2.24, 2.45) is 5.41 Å². The lowest BCUT2D eigenvalue weighted by molar-refractivity contribution is -0.139. The molecule has 1 fully saturated rings. The van der Waals surface area contributed by atoms with Gasteiger partial charge in [0.05, 0.1) is 18.8 Å². The first-order valence-electron chi connectivity index (χ1n) is 9.15. The van der Waals surface area contributed by atoms with Crippen molar-refractivity contribution in [3.8, 4) is 0 Å². The first-order valence-corrected chi connectivity index (χ1v) is 10.8. The average Bonchev–Trinajstić information content (AvgIpc) is 2.52. The molecule has 0 aromatic heterocycles. The second-order valence-corrected chi connectivity index (χ2v) is 10.2. The smallest absolute Gasteiger partial charge is 0.317 e. The average molecular weight is 392 g/mol. The summed E-state index contributed by atoms with van der Waals surface area (Å²) in [7, 11) is -3.22. The van der Waals surface area contributed by atoms with Gasteiger partial charge in [-0.1, -0.05) is 20.8 Å². The van der Waals surface area contributed by atoms with E-state index in [0.717, 1.165) is 6.42 Å². The standard InChI is InChI=1S/C17H33N3O5S/c1-5-26(24,25)20-10-6-14(7-11-20)19(13-16(22)23)12-15(21)18-9-8-17(2,3)4/h14H,5-13H2,1-4H3,(H,18,21)(H,22,23). The molecule has 0 saturated carbocycles. The Morgan fingerprint density at radius 2 is 1.77 bits per heavy atom. The molecule has 0 aromatic rings. The van der Waals surface area contributed by atoms with Gasteiger partial charge in [0.2, 0.25) is 15.9 Å². The number of hydrogen-bond donors (Lipinski definition) is 2. The van der Waals surface area contributed by atoms with Crippen LogP contribution in [0.4, 0.5) is 0 Å². The van der Waals surface area contributed by atoms with E-state index in [2.05, 4.69) is 26.1 Å². The molecule has 9 heteroatoms. The number of hydrogen-bond acceptors (Lipinski definition) is 5. The van der Waals surface area contributed by atoms with Gasteiger partial charge in [-0.25, -0.2) is 12.7 Å². The molecule has 1 aliphatic heterocycles. The number of nitrogens with zero attached hydrogens (tertiary/aromatic N) is 2. The molecule has 26 heavy (non-hydrogen) atoms. The molecule has 0 spiro atoms. The van der Waals surface area contributed by atoms with Crippen molar-refractivity contribution in [1.82, 2.24) is 14.5 Å². The summed E-state index contributed by atoms with van der Waals surface area (Å²) in [5, 5.41) is 12.0. The lowest BCUT2D eigenvalue weighted by atomic mass is 9.92. The molecular formula is C17H33N3O5S. The summed E-state index contributed by atoms with van der Waals surface area (Å²) in [6.07, 6.45) is 1.90. The molecule has 0 bridgehead atoms. The molecule has 0 aromatic carbocycles. The highest BCUT2D eigenvalue weighted by Crippen LogP contribution is 2.19. The van der Waals surface area contributed by atoms with E-state index in [1.165, 1.54) is 4.31 Å². The quantitative estimate of drug-likeness (QED) is 0.600. The Morgan fingerprint density at radius 3 is 2.23 bits per heavy atom. The van der Waals surface area contributed by atoms with Crippen LogP contribution in [-0.4, -0.2) is 79.1 Å². The number of carbonyl (C=O) groups excluding carboxylic acids is 1. The maximum Gasteiger partial charge on any atom is 0.317 e. The summed E-state index contributed by atoms with van der Waals surface area (Å²) in [6, 6.07) is -0.109. The minimum absolute atomic E-state index is 0.0155. The van der Waals surface area contributed by atoms with Gasteiger partial charge in [-0.05, 0) is 31.6 Å². The van der Waals surface area contributed by atoms with Gasteiger partial charge < -0.3 is 10.4 Å². The third kappa shape index (κ3) is 8.01. The van der Waals surface area contributed by atoms with E-state index in [1.54, 1.807) is 11.8 Å². The Hall–Kier alpha value is -1.19. The van der Waals surface area contributed by atoms with Crippen LogP contribution in [0.15, 0.2) is 0 Å². The van der Waals surface area contributed by atoms with Crippen molar-refractivity contribution >= 4 is 21.9 Å². The number of amides is 1. The van der Waals surface area contributed by atoms with Crippen LogP contribution in [0, 0.1) is 5.41 Å². The summed E-state index contributed by atoms with van der Waals surface area (Å²) < 4.78 is 25.3. The number of carboxylic acid groups (broad SMARTS) is 1. The van der Waals surface area contributed by atoms with E-state index in [1.807, 2.05) is 0 Å². The van der Waals surface area contributed by atoms with Crippen molar-refractivity contribution in [3.63, 3.8) is 0 Å². The Labute approximate surface area is 157 Å². The SMILES string of the molecule is CCS(=O)(=O)N1CCC(N(CC(=O)O)CC(=O)NCCC(C)(C)C)CC1. The predicted octanol–water partition coefficient (Wildman–Crippen LogP) is 0.740. The Kier molecular flexibility index (Phi) is 8.49. The fourth-order valence-corrected chi connectivity index (χ4v) is 4.11. The monoisotopic (exact) mass is 391 g/mol. The molecule has 1 saturated heterocycles. The Bertz CT molecular complexity index is 578. The van der Waals surface area contributed by atoms with Gasteiger partial charge in [0.1, 0.15) is 0 Å². The molecule has 2 N–H and O–H groups in total. The van der Waals surface area contributed by atoms with Crippen molar-refractivity contribution in [2.75, 3.05) is 38.5 Å². The van der Waals surface area contributed by atoms with E-state index in [4.69, 9.17) is 5.11 Å². The molecule has 0 unspecified atom stereocenters. The minimum atomic E-state index is -3.22. The fraction of sp³-hybridized carbons (Fsp3) is 0.882. The minimum Gasteiger partial charge on any atom is -0.480 e. The normalized spacial score (nSPS) is 17.4. The number of rotatable bonds is 9. The molecule has 1 heterocycles. The van der Waals surface area contributed by atoms with Gasteiger partial charge in [-0.15, -0.1) is 0 Å². The molecule has 8 nitrogen and oxygen atoms in total. The number of piperidine rings is 1. The van der Waals surface area contributed by atoms with Crippen LogP contribution < -0.4 is 5.32 Å². The molecule has 1 amide bonds. The molecule has 0 aliphatic carbocycles. The van der Waals surface area contributed by atoms with Gasteiger partial charge >= 0.3 is 5.97 Å². The summed E-state index contributed by atoms with van der Waals surface area (Å²) in [4.78, 5) is 25.0. The fourth-order valence-electron chi connectivity index (χ4n) is 2.97. The zero-order chi connectivity index (χ0) is 20.0. The van der Waals surface area contributed by atoms with Crippen LogP contribution >= 0.6 is 0 Å². The van der Waals surface area contributed by atoms with E-state index < -0.39 is 16.0 Å². The molecule has 152 valence electrons. The van der Waals surface area contributed by atoms with Gasteiger partial charge in [0, 0.05) is 25.7 Å². The summed E-state index contributed by atoms with van der Waals surface area (Å²) in [5.41, 5.74) is 0.117. The highest BCUT2D eigenvalue weighted by molar-refractivity contribution is 7.89.